The molecule has 0 aromatic carbocycles. The summed E-state index contributed by atoms with van der Waals surface area (Å²) in [6, 6.07) is 0. The second-order valence-corrected chi connectivity index (χ2v) is 4.65. The van der Waals surface area contributed by atoms with E-state index < -0.39 is 0 Å². The summed E-state index contributed by atoms with van der Waals surface area (Å²) in [5, 5.41) is 3.36. The Morgan fingerprint density at radius 2 is 2.00 bits per heavy atom. The molecule has 2 aliphatic heterocycles. The zero-order valence-electron chi connectivity index (χ0n) is 7.17. The molecule has 72 valence electrons. The van der Waals surface area contributed by atoms with Gasteiger partial charge in [0.1, 0.15) is 4.93 Å². The van der Waals surface area contributed by atoms with Gasteiger partial charge in [0.15, 0.2) is 0 Å². The number of rotatable bonds is 0. The van der Waals surface area contributed by atoms with Gasteiger partial charge in [0.2, 0.25) is 0 Å². The molecule has 0 aromatic heterocycles. The smallest absolute Gasteiger partial charge is 0.116 e. The Morgan fingerprint density at radius 3 is 2.58 bits per heavy atom. The van der Waals surface area contributed by atoms with Gasteiger partial charge in [0, 0.05) is 6.61 Å². The van der Waals surface area contributed by atoms with E-state index in [1.165, 1.54) is 25.0 Å². The number of piperidine rings is 1. The summed E-state index contributed by atoms with van der Waals surface area (Å²) in [5.41, 5.74) is 0. The van der Waals surface area contributed by atoms with E-state index in [4.69, 9.17) is 4.74 Å². The molecule has 2 nitrogen and oxygen atoms in total. The minimum absolute atomic E-state index is 0. The van der Waals surface area contributed by atoms with Crippen LogP contribution in [0, 0.1) is 0 Å². The van der Waals surface area contributed by atoms with Crippen LogP contribution in [0.15, 0.2) is 0 Å². The maximum atomic E-state index is 5.83. The van der Waals surface area contributed by atoms with Crippen LogP contribution in [0.5, 0.6) is 0 Å². The van der Waals surface area contributed by atoms with E-state index in [1.54, 1.807) is 0 Å². The van der Waals surface area contributed by atoms with E-state index in [1.807, 2.05) is 11.8 Å². The average molecular weight is 210 g/mol. The molecule has 0 saturated carbocycles. The molecule has 2 saturated heterocycles. The van der Waals surface area contributed by atoms with Crippen molar-refractivity contribution in [3.05, 3.63) is 0 Å². The van der Waals surface area contributed by atoms with Gasteiger partial charge in [-0.05, 0) is 38.1 Å². The molecule has 2 rings (SSSR count). The van der Waals surface area contributed by atoms with Crippen molar-refractivity contribution in [3.63, 3.8) is 0 Å². The third kappa shape index (κ3) is 2.28. The van der Waals surface area contributed by atoms with Gasteiger partial charge in [-0.2, -0.15) is 0 Å². The van der Waals surface area contributed by atoms with Crippen molar-refractivity contribution in [3.8, 4) is 0 Å². The third-order valence-electron chi connectivity index (χ3n) is 2.38. The lowest BCUT2D eigenvalue weighted by atomic mass is 10.1. The van der Waals surface area contributed by atoms with E-state index >= 15 is 0 Å². The van der Waals surface area contributed by atoms with Gasteiger partial charge in [0.05, 0.1) is 0 Å². The first-order valence-corrected chi connectivity index (χ1v) is 5.39. The van der Waals surface area contributed by atoms with Gasteiger partial charge >= 0.3 is 0 Å². The lowest BCUT2D eigenvalue weighted by Crippen LogP contribution is -2.43. The highest BCUT2D eigenvalue weighted by Gasteiger charge is 2.35. The molecular weight excluding hydrogens is 194 g/mol. The summed E-state index contributed by atoms with van der Waals surface area (Å²) in [6.07, 6.45) is 3.62. The van der Waals surface area contributed by atoms with Crippen molar-refractivity contribution in [2.45, 2.75) is 24.2 Å². The normalized spacial score (nSPS) is 28.0. The molecule has 0 radical (unpaired) electrons. The van der Waals surface area contributed by atoms with Gasteiger partial charge in [-0.25, -0.2) is 0 Å². The molecule has 2 fully saturated rings. The van der Waals surface area contributed by atoms with Crippen LogP contribution in [-0.2, 0) is 4.74 Å². The summed E-state index contributed by atoms with van der Waals surface area (Å²) in [4.78, 5) is 0.212. The maximum Gasteiger partial charge on any atom is 0.116 e. The van der Waals surface area contributed by atoms with Crippen molar-refractivity contribution in [2.75, 3.05) is 25.4 Å². The van der Waals surface area contributed by atoms with E-state index in [2.05, 4.69) is 5.32 Å². The zero-order chi connectivity index (χ0) is 7.57. The number of ether oxygens (including phenoxy) is 1. The number of hydrogen-bond acceptors (Lipinski definition) is 3. The summed E-state index contributed by atoms with van der Waals surface area (Å²) < 4.78 is 5.83. The van der Waals surface area contributed by atoms with Crippen LogP contribution in [-0.4, -0.2) is 30.4 Å². The lowest BCUT2D eigenvalue weighted by Gasteiger charge is -2.39. The molecule has 0 aromatic rings. The molecule has 4 heteroatoms. The van der Waals surface area contributed by atoms with Crippen LogP contribution in [0.25, 0.3) is 0 Å². The second kappa shape index (κ2) is 4.70. The summed E-state index contributed by atoms with van der Waals surface area (Å²) >= 11 is 2.02. The second-order valence-electron chi connectivity index (χ2n) is 3.21. The predicted octanol–water partition coefficient (Wildman–Crippen LogP) is 1.64. The standard InChI is InChI=1S/C8H15NOS.ClH/c1-6-10-8(11-7-1)2-4-9-5-3-8;/h9H,1-7H2;1H. The zero-order valence-corrected chi connectivity index (χ0v) is 8.81. The highest BCUT2D eigenvalue weighted by atomic mass is 35.5. The van der Waals surface area contributed by atoms with Gasteiger partial charge in [-0.1, -0.05) is 0 Å². The van der Waals surface area contributed by atoms with Crippen molar-refractivity contribution >= 4 is 24.2 Å². The topological polar surface area (TPSA) is 21.3 Å². The largest absolute Gasteiger partial charge is 0.364 e. The van der Waals surface area contributed by atoms with Gasteiger partial charge in [0.25, 0.3) is 0 Å². The number of thioether (sulfide) groups is 1. The minimum atomic E-state index is 0. The molecule has 12 heavy (non-hydrogen) atoms. The molecule has 1 spiro atoms. The van der Waals surface area contributed by atoms with Crippen molar-refractivity contribution in [1.29, 1.82) is 0 Å². The first-order valence-electron chi connectivity index (χ1n) is 4.40. The molecule has 0 bridgehead atoms. The van der Waals surface area contributed by atoms with Gasteiger partial charge in [-0.15, -0.1) is 24.2 Å². The Kier molecular flexibility index (Phi) is 4.17. The molecule has 2 heterocycles. The molecule has 2 aliphatic rings. The Labute approximate surface area is 84.2 Å². The highest BCUT2D eigenvalue weighted by Crippen LogP contribution is 2.38. The molecule has 0 aliphatic carbocycles. The predicted molar refractivity (Wildman–Crippen MR) is 55.1 cm³/mol. The SMILES string of the molecule is C1COC2(CCNCC2)SC1.Cl. The summed E-state index contributed by atoms with van der Waals surface area (Å²) in [7, 11) is 0. The molecule has 0 unspecified atom stereocenters. The van der Waals surface area contributed by atoms with Crippen LogP contribution in [0.1, 0.15) is 19.3 Å². The maximum absolute atomic E-state index is 5.83. The van der Waals surface area contributed by atoms with E-state index in [-0.39, 0.29) is 17.3 Å². The lowest BCUT2D eigenvalue weighted by molar-refractivity contribution is -0.000824. The first-order chi connectivity index (χ1) is 5.41. The van der Waals surface area contributed by atoms with E-state index in [9.17, 15) is 0 Å². The third-order valence-corrected chi connectivity index (χ3v) is 3.93. The van der Waals surface area contributed by atoms with Crippen molar-refractivity contribution < 1.29 is 4.74 Å². The molecule has 0 amide bonds. The average Bonchev–Trinajstić information content (AvgIpc) is 2.07. The van der Waals surface area contributed by atoms with Crippen LogP contribution >= 0.6 is 24.2 Å². The van der Waals surface area contributed by atoms with Crippen LogP contribution < -0.4 is 5.32 Å². The van der Waals surface area contributed by atoms with E-state index in [0.717, 1.165) is 19.7 Å². The summed E-state index contributed by atoms with van der Waals surface area (Å²) in [5.74, 6) is 1.29. The van der Waals surface area contributed by atoms with Crippen LogP contribution in [0.4, 0.5) is 0 Å². The highest BCUT2D eigenvalue weighted by molar-refractivity contribution is 8.00. The van der Waals surface area contributed by atoms with Gasteiger partial charge < -0.3 is 10.1 Å². The molecule has 0 atom stereocenters. The van der Waals surface area contributed by atoms with E-state index in [0.29, 0.717) is 0 Å². The first kappa shape index (κ1) is 10.6. The monoisotopic (exact) mass is 209 g/mol. The fourth-order valence-electron chi connectivity index (χ4n) is 1.71. The van der Waals surface area contributed by atoms with Crippen molar-refractivity contribution in [2.24, 2.45) is 0 Å². The Morgan fingerprint density at radius 1 is 1.25 bits per heavy atom. The van der Waals surface area contributed by atoms with Crippen LogP contribution in [0.2, 0.25) is 0 Å². The number of halogens is 1. The van der Waals surface area contributed by atoms with Crippen LogP contribution in [0.3, 0.4) is 0 Å². The van der Waals surface area contributed by atoms with Crippen molar-refractivity contribution in [1.82, 2.24) is 5.32 Å². The Hall–Kier alpha value is 0.560. The number of nitrogens with one attached hydrogen (secondary N) is 1. The molecular formula is C8H16ClNOS. The quantitative estimate of drug-likeness (QED) is 0.656. The molecule has 1 N–H and O–H groups in total. The van der Waals surface area contributed by atoms with Gasteiger partial charge in [-0.3, -0.25) is 0 Å². The number of hydrogen-bond donors (Lipinski definition) is 1. The minimum Gasteiger partial charge on any atom is -0.364 e. The summed E-state index contributed by atoms with van der Waals surface area (Å²) in [6.45, 7) is 3.24. The Balaban J connectivity index is 0.000000720. The Bertz CT molecular complexity index is 114. The fraction of sp³-hybridized carbons (Fsp3) is 1.00. The fourth-order valence-corrected chi connectivity index (χ4v) is 3.01.